The number of carbonyl (C=O) groups is 2. The summed E-state index contributed by atoms with van der Waals surface area (Å²) in [4.78, 5) is 49.8. The number of ether oxygens (including phenoxy) is 2. The number of amides is 2. The molecule has 0 aliphatic rings. The Balaban J connectivity index is 0.000000369. The van der Waals surface area contributed by atoms with Crippen molar-refractivity contribution < 1.29 is 38.9 Å². The highest BCUT2D eigenvalue weighted by atomic mass is 16.6. The highest BCUT2D eigenvalue weighted by Crippen LogP contribution is 2.24. The molecule has 0 aromatic heterocycles. The first-order valence-electron chi connectivity index (χ1n) is 12.7. The van der Waals surface area contributed by atoms with Crippen molar-refractivity contribution in [2.75, 3.05) is 24.9 Å². The van der Waals surface area contributed by atoms with Crippen LogP contribution in [0.2, 0.25) is 0 Å². The number of aliphatic hydroxyl groups excluding tert-OH is 1. The lowest BCUT2D eigenvalue weighted by Gasteiger charge is -2.11. The lowest BCUT2D eigenvalue weighted by atomic mass is 10.2. The van der Waals surface area contributed by atoms with Gasteiger partial charge in [0.15, 0.2) is 0 Å². The second-order valence-corrected chi connectivity index (χ2v) is 8.19. The first kappa shape index (κ1) is 36.0. The van der Waals surface area contributed by atoms with Gasteiger partial charge in [-0.25, -0.2) is 19.2 Å². The summed E-state index contributed by atoms with van der Waals surface area (Å²) in [6, 6.07) is 27.4. The molecular formula is C32H32N4O8. The number of isocyanates is 2. The molecule has 0 radical (unpaired) electrons. The van der Waals surface area contributed by atoms with Crippen LogP contribution in [-0.2, 0) is 14.3 Å². The van der Waals surface area contributed by atoms with Gasteiger partial charge in [-0.2, -0.15) is 9.98 Å². The van der Waals surface area contributed by atoms with E-state index in [9.17, 15) is 19.2 Å². The van der Waals surface area contributed by atoms with Gasteiger partial charge in [0.25, 0.3) is 0 Å². The summed E-state index contributed by atoms with van der Waals surface area (Å²) >= 11 is 0. The summed E-state index contributed by atoms with van der Waals surface area (Å²) in [6.45, 7) is 3.63. The number of carbonyl (C=O) groups excluding carboxylic acids is 4. The topological polar surface area (TPSA) is 176 Å². The highest BCUT2D eigenvalue weighted by Gasteiger charge is 2.09. The number of aromatic hydroxyl groups is 1. The lowest BCUT2D eigenvalue weighted by Crippen LogP contribution is -2.18. The maximum atomic E-state index is 11.9. The van der Waals surface area contributed by atoms with Crippen LogP contribution in [0.3, 0.4) is 0 Å². The third kappa shape index (κ3) is 14.0. The number of nitrogens with one attached hydrogen (secondary N) is 2. The van der Waals surface area contributed by atoms with Gasteiger partial charge in [-0.1, -0.05) is 48.5 Å². The quantitative estimate of drug-likeness (QED) is 0.144. The number of hydrogen-bond donors (Lipinski definition) is 4. The number of nitrogens with zero attached hydrogens (tertiary/aromatic N) is 2. The second-order valence-electron chi connectivity index (χ2n) is 8.19. The van der Waals surface area contributed by atoms with E-state index in [0.717, 1.165) is 18.2 Å². The Morgan fingerprint density at radius 3 is 1.86 bits per heavy atom. The van der Waals surface area contributed by atoms with Crippen LogP contribution < -0.4 is 15.4 Å². The summed E-state index contributed by atoms with van der Waals surface area (Å²) < 4.78 is 9.68. The number of rotatable bonds is 5. The standard InChI is InChI=1S/C16H16N2O4.C9H6N2O2.C6H6O.CH4O/c1-11-8-9-12(17-15(19)21-2)10-14(11)18-16(20)22-13-6-4-3-5-7-13;1-7-2-3-8(10-5-12)4-9(7)11-6-13;7-6-4-2-1-3-5-6;1-2/h3-10H,1-2H3,(H,17,19)(H,18,20);2-4H,1H3;1-5,7H;2H,1H3. The van der Waals surface area contributed by atoms with Gasteiger partial charge in [0.1, 0.15) is 11.5 Å². The fourth-order valence-corrected chi connectivity index (χ4v) is 3.05. The molecule has 0 atom stereocenters. The van der Waals surface area contributed by atoms with Crippen LogP contribution in [0.5, 0.6) is 11.5 Å². The van der Waals surface area contributed by atoms with E-state index in [1.807, 2.05) is 19.1 Å². The van der Waals surface area contributed by atoms with Gasteiger partial charge in [0.2, 0.25) is 12.2 Å². The first-order valence-corrected chi connectivity index (χ1v) is 12.7. The van der Waals surface area contributed by atoms with E-state index in [-0.39, 0.29) is 0 Å². The molecule has 0 heterocycles. The molecule has 0 saturated carbocycles. The third-order valence-electron chi connectivity index (χ3n) is 5.15. The molecule has 0 bridgehead atoms. The van der Waals surface area contributed by atoms with Gasteiger partial charge in [0.05, 0.1) is 18.5 Å². The SMILES string of the molecule is CO.COC(=O)Nc1ccc(C)c(NC(=O)Oc2ccccc2)c1.Cc1ccc(N=C=O)cc1N=C=O.Oc1ccccc1. The molecule has 44 heavy (non-hydrogen) atoms. The Hall–Kier alpha value is -6.06. The van der Waals surface area contributed by atoms with Crippen LogP contribution in [0.4, 0.5) is 32.3 Å². The zero-order chi connectivity index (χ0) is 32.7. The zero-order valence-corrected chi connectivity index (χ0v) is 24.5. The summed E-state index contributed by atoms with van der Waals surface area (Å²) in [5.41, 5.74) is 3.59. The average Bonchev–Trinajstić information content (AvgIpc) is 3.03. The summed E-state index contributed by atoms with van der Waals surface area (Å²) in [5, 5.41) is 20.8. The van der Waals surface area contributed by atoms with E-state index < -0.39 is 12.2 Å². The van der Waals surface area contributed by atoms with Gasteiger partial charge in [0, 0.05) is 18.5 Å². The molecule has 12 heteroatoms. The summed E-state index contributed by atoms with van der Waals surface area (Å²) in [5.74, 6) is 0.768. The molecule has 2 amide bonds. The molecule has 0 aliphatic heterocycles. The van der Waals surface area contributed by atoms with Crippen LogP contribution in [-0.4, -0.2) is 48.8 Å². The molecule has 0 spiro atoms. The predicted octanol–water partition coefficient (Wildman–Crippen LogP) is 6.71. The number of anilines is 2. The highest BCUT2D eigenvalue weighted by molar-refractivity contribution is 5.90. The average molecular weight is 601 g/mol. The second kappa shape index (κ2) is 20.8. The van der Waals surface area contributed by atoms with Gasteiger partial charge in [-0.3, -0.25) is 10.6 Å². The molecule has 4 aromatic carbocycles. The van der Waals surface area contributed by atoms with Crippen LogP contribution in [0, 0.1) is 13.8 Å². The molecule has 0 saturated heterocycles. The van der Waals surface area contributed by atoms with Crippen molar-refractivity contribution in [3.63, 3.8) is 0 Å². The van der Waals surface area contributed by atoms with E-state index in [1.54, 1.807) is 85.8 Å². The molecule has 0 fully saturated rings. The van der Waals surface area contributed by atoms with Gasteiger partial charge < -0.3 is 19.7 Å². The summed E-state index contributed by atoms with van der Waals surface area (Å²) in [7, 11) is 2.28. The van der Waals surface area contributed by atoms with E-state index in [4.69, 9.17) is 14.9 Å². The Morgan fingerprint density at radius 1 is 0.727 bits per heavy atom. The maximum absolute atomic E-state index is 11.9. The number of aliphatic imine (C=N–C) groups is 2. The maximum Gasteiger partial charge on any atom is 0.417 e. The van der Waals surface area contributed by atoms with E-state index in [1.165, 1.54) is 25.3 Å². The number of methoxy groups -OCH3 is 1. The molecule has 4 aromatic rings. The van der Waals surface area contributed by atoms with Gasteiger partial charge in [-0.05, 0) is 73.5 Å². The molecule has 0 aliphatic carbocycles. The van der Waals surface area contributed by atoms with Crippen molar-refractivity contribution in [2.24, 2.45) is 9.98 Å². The van der Waals surface area contributed by atoms with Crippen LogP contribution in [0.1, 0.15) is 11.1 Å². The van der Waals surface area contributed by atoms with Gasteiger partial charge in [-0.15, -0.1) is 0 Å². The number of phenols is 1. The Kier molecular flexibility index (Phi) is 17.0. The third-order valence-corrected chi connectivity index (χ3v) is 5.15. The van der Waals surface area contributed by atoms with Crippen molar-refractivity contribution in [1.29, 1.82) is 0 Å². The van der Waals surface area contributed by atoms with Crippen molar-refractivity contribution in [1.82, 2.24) is 0 Å². The number of aryl methyl sites for hydroxylation is 2. The Labute approximate surface area is 254 Å². The molecular weight excluding hydrogens is 568 g/mol. The van der Waals surface area contributed by atoms with Crippen LogP contribution in [0.25, 0.3) is 0 Å². The number of benzene rings is 4. The van der Waals surface area contributed by atoms with E-state index in [0.29, 0.717) is 34.2 Å². The summed E-state index contributed by atoms with van der Waals surface area (Å²) in [6.07, 6.45) is 1.65. The van der Waals surface area contributed by atoms with Crippen molar-refractivity contribution in [2.45, 2.75) is 13.8 Å². The van der Waals surface area contributed by atoms with E-state index in [2.05, 4.69) is 25.4 Å². The number of phenolic OH excluding ortho intramolecular Hbond substituents is 1. The Morgan fingerprint density at radius 2 is 1.32 bits per heavy atom. The van der Waals surface area contributed by atoms with Gasteiger partial charge >= 0.3 is 12.2 Å². The minimum atomic E-state index is -0.607. The number of hydrogen-bond acceptors (Lipinski definition) is 10. The largest absolute Gasteiger partial charge is 0.508 e. The molecule has 228 valence electrons. The minimum absolute atomic E-state index is 0.322. The normalized spacial score (nSPS) is 8.84. The number of para-hydroxylation sites is 2. The number of aliphatic hydroxyl groups is 1. The Bertz CT molecular complexity index is 1570. The zero-order valence-electron chi connectivity index (χ0n) is 24.5. The lowest BCUT2D eigenvalue weighted by molar-refractivity contribution is 0.187. The van der Waals surface area contributed by atoms with Crippen molar-refractivity contribution in [3.05, 3.63) is 108 Å². The fourth-order valence-electron chi connectivity index (χ4n) is 3.05. The smallest absolute Gasteiger partial charge is 0.417 e. The molecule has 4 rings (SSSR count). The molecule has 4 N–H and O–H groups in total. The fraction of sp³-hybridized carbons (Fsp3) is 0.125. The van der Waals surface area contributed by atoms with Crippen LogP contribution in [0.15, 0.2) is 107 Å². The van der Waals surface area contributed by atoms with Crippen molar-refractivity contribution in [3.8, 4) is 11.5 Å². The molecule has 12 nitrogen and oxygen atoms in total. The van der Waals surface area contributed by atoms with Crippen LogP contribution >= 0.6 is 0 Å². The molecule has 0 unspecified atom stereocenters. The van der Waals surface area contributed by atoms with E-state index >= 15 is 0 Å². The first-order chi connectivity index (χ1) is 21.2. The van der Waals surface area contributed by atoms with Crippen molar-refractivity contribution >= 4 is 47.1 Å². The predicted molar refractivity (Wildman–Crippen MR) is 166 cm³/mol. The minimum Gasteiger partial charge on any atom is -0.508 e. The monoisotopic (exact) mass is 600 g/mol.